The standard InChI is InChI=1S/C54H36N2.C48H32N2.C42H28N2/c1-4-14-37(15-5-1)39-18-12-19-40(32-39)41-20-13-23-46(33-41)56-51-25-11-10-24-47(51)48-35-43(27-30-52(48)56)44-28-31-54-50(36-44)49-34-42(38-16-6-2-7-17-38)26-29-53(49)55(54)45-21-8-3-9-22-45;1-4-13-33(14-5-1)35-17-12-20-40(29-35)50-45-22-11-10-21-41(45)42-31-37(24-27-46(42)50)38-25-28-48-44(32-38)43-30-36(34-15-6-2-7-16-34)23-26-47(43)49(48)39-18-8-3-9-19-39;1-4-12-29(13-5-1)30-20-23-41-37(26-30)38-28-32(22-25-42(38)44(41)34-16-8-3-9-17-34)31-21-24-40-36(27-31)35-18-10-11-19-39(35)43(40)33-14-6-2-7-15-33/h1-36H;1-32H;1-28H. The summed E-state index contributed by atoms with van der Waals surface area (Å²) in [5.74, 6) is 0. The number of hydrogen-bond donors (Lipinski definition) is 0. The molecule has 0 spiro atoms. The first kappa shape index (κ1) is 87.8. The number of fused-ring (bicyclic) bond motifs is 18. The zero-order valence-electron chi connectivity index (χ0n) is 82.1. The van der Waals surface area contributed by atoms with Crippen molar-refractivity contribution in [1.82, 2.24) is 27.4 Å². The van der Waals surface area contributed by atoms with Gasteiger partial charge >= 0.3 is 0 Å². The molecule has 0 radical (unpaired) electrons. The van der Waals surface area contributed by atoms with Crippen LogP contribution in [-0.2, 0) is 0 Å². The second-order valence-corrected chi connectivity index (χ2v) is 39.0. The summed E-state index contributed by atoms with van der Waals surface area (Å²) in [6.07, 6.45) is 0. The Morgan fingerprint density at radius 3 is 0.433 bits per heavy atom. The Balaban J connectivity index is 0.000000109. The Morgan fingerprint density at radius 2 is 0.207 bits per heavy atom. The quantitative estimate of drug-likeness (QED) is 0.0979. The van der Waals surface area contributed by atoms with E-state index in [1.807, 2.05) is 0 Å². The molecule has 0 amide bonds. The van der Waals surface area contributed by atoms with E-state index in [9.17, 15) is 0 Å². The van der Waals surface area contributed by atoms with Crippen molar-refractivity contribution >= 4 is 131 Å². The lowest BCUT2D eigenvalue weighted by atomic mass is 9.99. The molecular formula is C144H96N6. The molecule has 0 saturated heterocycles. The van der Waals surface area contributed by atoms with Crippen molar-refractivity contribution in [2.45, 2.75) is 0 Å². The monoisotopic (exact) mass is 1910 g/mol. The fourth-order valence-corrected chi connectivity index (χ4v) is 23.3. The largest absolute Gasteiger partial charge is 0.309 e. The molecule has 0 aliphatic rings. The SMILES string of the molecule is c1ccc(-c2ccc3c(c2)c2cc(-c4ccc5c(c4)c4ccccc4n5-c4ccccc4)ccc2n3-c2ccccc2)cc1.c1ccc(-c2cccc(-c3cccc(-n4c5ccccc5c5cc(-c6ccc7c(c6)c6cc(-c8ccccc8)ccc6n7-c6ccccc6)ccc54)c3)c2)cc1.c1ccc(-c2cccc(-n3c4ccccc4c4cc(-c5ccc6c(c5)c5cc(-c7ccccc7)ccc5n6-c5ccccc5)ccc43)c2)cc1. The third-order valence-corrected chi connectivity index (χ3v) is 30.3. The number of rotatable bonds is 15. The van der Waals surface area contributed by atoms with E-state index in [-0.39, 0.29) is 0 Å². The summed E-state index contributed by atoms with van der Waals surface area (Å²) < 4.78 is 14.4. The molecule has 6 heterocycles. The van der Waals surface area contributed by atoms with Gasteiger partial charge in [-0.3, -0.25) is 0 Å². The highest BCUT2D eigenvalue weighted by atomic mass is 15.0. The van der Waals surface area contributed by atoms with E-state index >= 15 is 0 Å². The van der Waals surface area contributed by atoms with Gasteiger partial charge in [0.2, 0.25) is 0 Å². The fraction of sp³-hybridized carbons (Fsp3) is 0. The van der Waals surface area contributed by atoms with Crippen LogP contribution in [0.3, 0.4) is 0 Å². The minimum absolute atomic E-state index is 1.15. The molecular weight excluding hydrogens is 1810 g/mol. The number of benzene rings is 24. The minimum atomic E-state index is 1.15. The first-order valence-corrected chi connectivity index (χ1v) is 51.6. The van der Waals surface area contributed by atoms with Crippen LogP contribution in [0.5, 0.6) is 0 Å². The van der Waals surface area contributed by atoms with Crippen molar-refractivity contribution in [3.63, 3.8) is 0 Å². The molecule has 30 aromatic rings. The molecule has 24 aromatic carbocycles. The van der Waals surface area contributed by atoms with E-state index in [4.69, 9.17) is 0 Å². The lowest BCUT2D eigenvalue weighted by molar-refractivity contribution is 1.18. The van der Waals surface area contributed by atoms with Crippen LogP contribution in [0.4, 0.5) is 0 Å². The molecule has 6 aromatic heterocycles. The summed E-state index contributed by atoms with van der Waals surface area (Å²) in [4.78, 5) is 0. The van der Waals surface area contributed by atoms with E-state index in [0.29, 0.717) is 0 Å². The third-order valence-electron chi connectivity index (χ3n) is 30.3. The van der Waals surface area contributed by atoms with Crippen LogP contribution in [0.15, 0.2) is 582 Å². The van der Waals surface area contributed by atoms with E-state index < -0.39 is 0 Å². The minimum Gasteiger partial charge on any atom is -0.309 e. The topological polar surface area (TPSA) is 29.6 Å². The number of hydrogen-bond acceptors (Lipinski definition) is 0. The van der Waals surface area contributed by atoms with Crippen LogP contribution < -0.4 is 0 Å². The van der Waals surface area contributed by atoms with E-state index in [2.05, 4.69) is 610 Å². The summed E-state index contributed by atoms with van der Waals surface area (Å²) in [6, 6.07) is 211. The molecule has 0 fully saturated rings. The molecule has 150 heavy (non-hydrogen) atoms. The predicted octanol–water partition coefficient (Wildman–Crippen LogP) is 38.6. The Bertz CT molecular complexity index is 10400. The molecule has 0 saturated carbocycles. The van der Waals surface area contributed by atoms with Gasteiger partial charge in [-0.2, -0.15) is 0 Å². The summed E-state index contributed by atoms with van der Waals surface area (Å²) >= 11 is 0. The van der Waals surface area contributed by atoms with Crippen LogP contribution in [0, 0.1) is 0 Å². The molecule has 0 aliphatic carbocycles. The van der Waals surface area contributed by atoms with Crippen LogP contribution in [0.2, 0.25) is 0 Å². The van der Waals surface area contributed by atoms with Gasteiger partial charge in [-0.1, -0.05) is 376 Å². The molecule has 6 heteroatoms. The van der Waals surface area contributed by atoms with Crippen molar-refractivity contribution in [2.75, 3.05) is 0 Å². The number of nitrogens with zero attached hydrogens (tertiary/aromatic N) is 6. The second-order valence-electron chi connectivity index (χ2n) is 39.0. The Hall–Kier alpha value is -19.9. The van der Waals surface area contributed by atoms with Gasteiger partial charge in [0.15, 0.2) is 0 Å². The second kappa shape index (κ2) is 37.4. The van der Waals surface area contributed by atoms with Gasteiger partial charge < -0.3 is 27.4 Å². The molecule has 0 unspecified atom stereocenters. The Morgan fingerprint density at radius 1 is 0.0733 bits per heavy atom. The highest BCUT2D eigenvalue weighted by molar-refractivity contribution is 6.18. The van der Waals surface area contributed by atoms with E-state index in [1.54, 1.807) is 0 Å². The van der Waals surface area contributed by atoms with Crippen molar-refractivity contribution in [3.8, 4) is 134 Å². The number of aromatic nitrogens is 6. The summed E-state index contributed by atoms with van der Waals surface area (Å²) in [5, 5.41) is 15.0. The third kappa shape index (κ3) is 15.6. The molecule has 0 N–H and O–H groups in total. The van der Waals surface area contributed by atoms with Gasteiger partial charge in [-0.15, -0.1) is 0 Å². The number of para-hydroxylation sites is 7. The lowest BCUT2D eigenvalue weighted by Gasteiger charge is -2.12. The maximum absolute atomic E-state index is 2.42. The maximum Gasteiger partial charge on any atom is 0.0541 e. The average molecular weight is 1910 g/mol. The van der Waals surface area contributed by atoms with Gasteiger partial charge in [-0.05, 0) is 306 Å². The van der Waals surface area contributed by atoms with E-state index in [1.165, 1.54) is 248 Å². The molecule has 6 nitrogen and oxygen atoms in total. The lowest BCUT2D eigenvalue weighted by Crippen LogP contribution is -1.94. The Kier molecular flexibility index (Phi) is 21.9. The van der Waals surface area contributed by atoms with Gasteiger partial charge in [0.25, 0.3) is 0 Å². The molecule has 0 aliphatic heterocycles. The van der Waals surface area contributed by atoms with Crippen molar-refractivity contribution in [3.05, 3.63) is 582 Å². The maximum atomic E-state index is 2.42. The molecule has 30 rings (SSSR count). The van der Waals surface area contributed by atoms with Crippen LogP contribution in [-0.4, -0.2) is 27.4 Å². The average Bonchev–Trinajstić information content (AvgIpc) is 1.57. The summed E-state index contributed by atoms with van der Waals surface area (Å²) in [7, 11) is 0. The van der Waals surface area contributed by atoms with Gasteiger partial charge in [0.05, 0.1) is 66.2 Å². The van der Waals surface area contributed by atoms with Crippen LogP contribution in [0.1, 0.15) is 0 Å². The van der Waals surface area contributed by atoms with E-state index in [0.717, 1.165) is 17.1 Å². The highest BCUT2D eigenvalue weighted by Gasteiger charge is 2.24. The molecule has 0 atom stereocenters. The Labute approximate surface area is 868 Å². The van der Waals surface area contributed by atoms with Crippen LogP contribution in [0.25, 0.3) is 265 Å². The van der Waals surface area contributed by atoms with Crippen LogP contribution >= 0.6 is 0 Å². The van der Waals surface area contributed by atoms with Crippen molar-refractivity contribution < 1.29 is 0 Å². The first-order chi connectivity index (χ1) is 74.4. The fourth-order valence-electron chi connectivity index (χ4n) is 23.3. The summed E-state index contributed by atoms with van der Waals surface area (Å²) in [6.45, 7) is 0. The van der Waals surface area contributed by atoms with Crippen molar-refractivity contribution in [1.29, 1.82) is 0 Å². The van der Waals surface area contributed by atoms with Gasteiger partial charge in [0, 0.05) is 98.8 Å². The highest BCUT2D eigenvalue weighted by Crippen LogP contribution is 2.47. The normalized spacial score (nSPS) is 11.6. The van der Waals surface area contributed by atoms with Crippen molar-refractivity contribution in [2.24, 2.45) is 0 Å². The zero-order chi connectivity index (χ0) is 99.1. The zero-order valence-corrected chi connectivity index (χ0v) is 82.1. The van der Waals surface area contributed by atoms with Gasteiger partial charge in [-0.25, -0.2) is 0 Å². The predicted molar refractivity (Wildman–Crippen MR) is 634 cm³/mol. The first-order valence-electron chi connectivity index (χ1n) is 51.6. The molecule has 0 bridgehead atoms. The van der Waals surface area contributed by atoms with Gasteiger partial charge in [0.1, 0.15) is 0 Å². The molecule has 702 valence electrons. The smallest absolute Gasteiger partial charge is 0.0541 e. The summed E-state index contributed by atoms with van der Waals surface area (Å²) in [5.41, 5.74) is 43.3.